The lowest BCUT2D eigenvalue weighted by Crippen LogP contribution is -2.62. The van der Waals surface area contributed by atoms with Crippen molar-refractivity contribution in [2.24, 2.45) is 0 Å². The second kappa shape index (κ2) is 11.2. The van der Waals surface area contributed by atoms with Crippen LogP contribution in [-0.2, 0) is 10.4 Å². The molecule has 12 heteroatoms. The van der Waals surface area contributed by atoms with Crippen molar-refractivity contribution >= 4 is 40.7 Å². The zero-order valence-corrected chi connectivity index (χ0v) is 23.4. The van der Waals surface area contributed by atoms with Crippen molar-refractivity contribution < 1.29 is 27.9 Å². The summed E-state index contributed by atoms with van der Waals surface area (Å²) in [6.45, 7) is 3.49. The van der Waals surface area contributed by atoms with E-state index >= 15 is 0 Å². The Morgan fingerprint density at radius 3 is 2.26 bits per heavy atom. The van der Waals surface area contributed by atoms with Crippen molar-refractivity contribution in [3.63, 3.8) is 0 Å². The van der Waals surface area contributed by atoms with Gasteiger partial charge in [-0.05, 0) is 49.6 Å². The molecule has 0 aromatic heterocycles. The van der Waals surface area contributed by atoms with E-state index in [9.17, 15) is 27.9 Å². The number of halogens is 5. The van der Waals surface area contributed by atoms with Crippen LogP contribution < -0.4 is 5.32 Å². The molecule has 39 heavy (non-hydrogen) atoms. The van der Waals surface area contributed by atoms with Gasteiger partial charge in [-0.3, -0.25) is 14.5 Å². The highest BCUT2D eigenvalue weighted by Crippen LogP contribution is 2.42. The van der Waals surface area contributed by atoms with Crippen LogP contribution in [0.5, 0.6) is 0 Å². The number of aryl methyl sites for hydroxylation is 1. The lowest BCUT2D eigenvalue weighted by Gasteiger charge is -2.48. The zero-order valence-electron chi connectivity index (χ0n) is 21.9. The topological polar surface area (TPSA) is 76.1 Å². The molecule has 0 radical (unpaired) electrons. The Hall–Kier alpha value is -2.53. The van der Waals surface area contributed by atoms with E-state index in [1.54, 1.807) is 20.2 Å². The van der Waals surface area contributed by atoms with Gasteiger partial charge in [0.2, 0.25) is 0 Å². The first-order valence-electron chi connectivity index (χ1n) is 12.6. The number of hydrogen-bond donors (Lipinski definition) is 2. The number of nitrogens with zero attached hydrogens (tertiary/aromatic N) is 3. The van der Waals surface area contributed by atoms with Crippen molar-refractivity contribution in [1.82, 2.24) is 14.7 Å². The van der Waals surface area contributed by atoms with E-state index in [2.05, 4.69) is 10.2 Å². The predicted octanol–water partition coefficient (Wildman–Crippen LogP) is 4.54. The maximum absolute atomic E-state index is 14.0. The molecule has 0 spiro atoms. The zero-order chi connectivity index (χ0) is 28.7. The fraction of sp³-hybridized carbons (Fsp3) is 0.481. The molecule has 4 rings (SSSR count). The van der Waals surface area contributed by atoms with Gasteiger partial charge < -0.3 is 20.2 Å². The Kier molecular flexibility index (Phi) is 8.42. The standard InChI is InChI=1S/C27H31Cl2F3N4O3/c1-16-11-19(13-22(29)23(16)24(37)34(2)3)33-20-14-36(15-20)21-7-9-35(10-8-21)25(38)26(39,27(30,31)32)17-5-4-6-18(28)12-17/h4-6,11-13,20-21,33,39H,7-10,14-15H2,1-3H3. The van der Waals surface area contributed by atoms with Gasteiger partial charge in [0.25, 0.3) is 17.4 Å². The lowest BCUT2D eigenvalue weighted by molar-refractivity contribution is -0.262. The Balaban J connectivity index is 1.33. The minimum absolute atomic E-state index is 0.00180. The SMILES string of the molecule is Cc1cc(NC2CN(C3CCN(C(=O)C(O)(c4cccc(Cl)c4)C(F)(F)F)CC3)C2)cc(Cl)c1C(=O)N(C)C. The van der Waals surface area contributed by atoms with Crippen LogP contribution in [-0.4, -0.2) is 90.2 Å². The van der Waals surface area contributed by atoms with Crippen molar-refractivity contribution in [3.05, 3.63) is 63.1 Å². The van der Waals surface area contributed by atoms with E-state index < -0.39 is 23.2 Å². The third-order valence-electron chi connectivity index (χ3n) is 7.42. The number of anilines is 1. The minimum Gasteiger partial charge on any atom is -0.380 e. The van der Waals surface area contributed by atoms with Crippen molar-refractivity contribution in [3.8, 4) is 0 Å². The van der Waals surface area contributed by atoms with Crippen LogP contribution in [0, 0.1) is 6.92 Å². The molecule has 2 saturated heterocycles. The Bertz CT molecular complexity index is 1220. The molecule has 2 aliphatic rings. The number of hydrogen-bond acceptors (Lipinski definition) is 5. The summed E-state index contributed by atoms with van der Waals surface area (Å²) < 4.78 is 41.9. The van der Waals surface area contributed by atoms with E-state index in [0.717, 1.165) is 41.4 Å². The van der Waals surface area contributed by atoms with Gasteiger partial charge in [-0.2, -0.15) is 13.2 Å². The maximum Gasteiger partial charge on any atom is 0.430 e. The summed E-state index contributed by atoms with van der Waals surface area (Å²) >= 11 is 12.2. The van der Waals surface area contributed by atoms with Gasteiger partial charge in [-0.1, -0.05) is 35.3 Å². The first kappa shape index (κ1) is 29.5. The molecule has 2 heterocycles. The van der Waals surface area contributed by atoms with Gasteiger partial charge >= 0.3 is 6.18 Å². The number of likely N-dealkylation sites (tertiary alicyclic amines) is 2. The lowest BCUT2D eigenvalue weighted by atomic mass is 9.89. The molecule has 2 fully saturated rings. The fourth-order valence-electron chi connectivity index (χ4n) is 5.24. The van der Waals surface area contributed by atoms with Gasteiger partial charge in [0.05, 0.1) is 16.6 Å². The van der Waals surface area contributed by atoms with E-state index in [0.29, 0.717) is 23.4 Å². The van der Waals surface area contributed by atoms with Crippen LogP contribution in [0.15, 0.2) is 36.4 Å². The summed E-state index contributed by atoms with van der Waals surface area (Å²) in [5, 5.41) is 14.5. The Labute approximate surface area is 235 Å². The second-order valence-corrected chi connectivity index (χ2v) is 11.2. The molecule has 0 aliphatic carbocycles. The molecule has 2 aliphatic heterocycles. The number of amides is 2. The average Bonchev–Trinajstić information content (AvgIpc) is 2.84. The molecule has 7 nitrogen and oxygen atoms in total. The first-order chi connectivity index (χ1) is 18.2. The number of alkyl halides is 3. The molecule has 212 valence electrons. The first-order valence-corrected chi connectivity index (χ1v) is 13.3. The van der Waals surface area contributed by atoms with Gasteiger partial charge in [-0.15, -0.1) is 0 Å². The van der Waals surface area contributed by atoms with Crippen LogP contribution >= 0.6 is 23.2 Å². The number of aliphatic hydroxyl groups is 1. The summed E-state index contributed by atoms with van der Waals surface area (Å²) in [6.07, 6.45) is -4.22. The second-order valence-electron chi connectivity index (χ2n) is 10.4. The molecular weight excluding hydrogens is 556 g/mol. The van der Waals surface area contributed by atoms with Gasteiger partial charge in [-0.25, -0.2) is 0 Å². The van der Waals surface area contributed by atoms with Crippen LogP contribution in [0.1, 0.15) is 34.3 Å². The molecule has 2 aromatic rings. The molecule has 2 N–H and O–H groups in total. The van der Waals surface area contributed by atoms with E-state index in [1.807, 2.05) is 13.0 Å². The summed E-state index contributed by atoms with van der Waals surface area (Å²) in [7, 11) is 3.34. The molecule has 0 bridgehead atoms. The van der Waals surface area contributed by atoms with Crippen molar-refractivity contribution in [2.45, 2.75) is 43.6 Å². The normalized spacial score (nSPS) is 18.8. The molecule has 0 saturated carbocycles. The van der Waals surface area contributed by atoms with E-state index in [1.165, 1.54) is 17.0 Å². The van der Waals surface area contributed by atoms with Crippen LogP contribution in [0.2, 0.25) is 10.0 Å². The Morgan fingerprint density at radius 1 is 1.08 bits per heavy atom. The smallest absolute Gasteiger partial charge is 0.380 e. The molecule has 1 atom stereocenters. The molecule has 1 unspecified atom stereocenters. The van der Waals surface area contributed by atoms with Crippen molar-refractivity contribution in [1.29, 1.82) is 0 Å². The number of piperidine rings is 1. The fourth-order valence-corrected chi connectivity index (χ4v) is 5.78. The van der Waals surface area contributed by atoms with Gasteiger partial charge in [0.15, 0.2) is 0 Å². The highest BCUT2D eigenvalue weighted by Gasteiger charge is 2.62. The van der Waals surface area contributed by atoms with Crippen LogP contribution in [0.4, 0.5) is 18.9 Å². The summed E-state index contributed by atoms with van der Waals surface area (Å²) in [6, 6.07) is 8.56. The monoisotopic (exact) mass is 586 g/mol. The third kappa shape index (κ3) is 5.84. The predicted molar refractivity (Wildman–Crippen MR) is 144 cm³/mol. The molecule has 2 amide bonds. The quantitative estimate of drug-likeness (QED) is 0.520. The summed E-state index contributed by atoms with van der Waals surface area (Å²) in [5.41, 5.74) is -2.21. The summed E-state index contributed by atoms with van der Waals surface area (Å²) in [4.78, 5) is 30.2. The average molecular weight is 587 g/mol. The van der Waals surface area contributed by atoms with E-state index in [-0.39, 0.29) is 36.1 Å². The van der Waals surface area contributed by atoms with Gasteiger partial charge in [0.1, 0.15) is 0 Å². The molecular formula is C27H31Cl2F3N4O3. The third-order valence-corrected chi connectivity index (χ3v) is 7.95. The number of benzene rings is 2. The van der Waals surface area contributed by atoms with Crippen molar-refractivity contribution in [2.75, 3.05) is 45.6 Å². The highest BCUT2D eigenvalue weighted by atomic mass is 35.5. The minimum atomic E-state index is -5.21. The largest absolute Gasteiger partial charge is 0.430 e. The van der Waals surface area contributed by atoms with E-state index in [4.69, 9.17) is 23.2 Å². The van der Waals surface area contributed by atoms with Gasteiger partial charge in [0, 0.05) is 62.6 Å². The number of carbonyl (C=O) groups excluding carboxylic acids is 2. The molecule has 2 aromatic carbocycles. The number of rotatable bonds is 6. The van der Waals surface area contributed by atoms with Crippen LogP contribution in [0.25, 0.3) is 0 Å². The highest BCUT2D eigenvalue weighted by molar-refractivity contribution is 6.34. The Morgan fingerprint density at radius 2 is 1.72 bits per heavy atom. The summed E-state index contributed by atoms with van der Waals surface area (Å²) in [5.74, 6) is -1.55. The van der Waals surface area contributed by atoms with Crippen LogP contribution in [0.3, 0.4) is 0 Å². The number of nitrogens with one attached hydrogen (secondary N) is 1. The maximum atomic E-state index is 14.0. The number of carbonyl (C=O) groups is 2.